The first kappa shape index (κ1) is 15.8. The van der Waals surface area contributed by atoms with Crippen molar-refractivity contribution in [1.29, 1.82) is 0 Å². The number of carbonyl (C=O) groups is 1. The minimum absolute atomic E-state index is 0.0320. The summed E-state index contributed by atoms with van der Waals surface area (Å²) in [5.74, 6) is -0.0320. The van der Waals surface area contributed by atoms with Crippen molar-refractivity contribution in [3.63, 3.8) is 0 Å². The lowest BCUT2D eigenvalue weighted by atomic mass is 10.1. The van der Waals surface area contributed by atoms with Crippen LogP contribution in [-0.2, 0) is 4.79 Å². The van der Waals surface area contributed by atoms with Crippen LogP contribution < -0.4 is 10.6 Å². The lowest BCUT2D eigenvalue weighted by molar-refractivity contribution is -0.114. The summed E-state index contributed by atoms with van der Waals surface area (Å²) < 4.78 is 0. The Morgan fingerprint density at radius 2 is 1.90 bits per heavy atom. The molecule has 1 fully saturated rings. The number of amides is 1. The van der Waals surface area contributed by atoms with Crippen LogP contribution in [-0.4, -0.2) is 36.5 Å². The third kappa shape index (κ3) is 5.38. The Labute approximate surface area is 127 Å². The summed E-state index contributed by atoms with van der Waals surface area (Å²) in [6.45, 7) is 7.41. The molecule has 0 spiro atoms. The van der Waals surface area contributed by atoms with Crippen LogP contribution in [0.1, 0.15) is 39.5 Å². The molecule has 2 N–H and O–H groups in total. The maximum atomic E-state index is 11.0. The molecule has 1 saturated heterocycles. The summed E-state index contributed by atoms with van der Waals surface area (Å²) in [4.78, 5) is 13.6. The summed E-state index contributed by atoms with van der Waals surface area (Å²) in [7, 11) is 0. The van der Waals surface area contributed by atoms with Crippen molar-refractivity contribution < 1.29 is 4.79 Å². The normalized spacial score (nSPS) is 19.8. The highest BCUT2D eigenvalue weighted by Crippen LogP contribution is 2.19. The molecule has 0 saturated carbocycles. The summed E-state index contributed by atoms with van der Waals surface area (Å²) in [6.07, 6.45) is 4.94. The van der Waals surface area contributed by atoms with Crippen molar-refractivity contribution in [1.82, 2.24) is 4.90 Å². The Kier molecular flexibility index (Phi) is 6.05. The van der Waals surface area contributed by atoms with Gasteiger partial charge in [-0.3, -0.25) is 4.79 Å². The van der Waals surface area contributed by atoms with E-state index in [0.29, 0.717) is 6.04 Å². The van der Waals surface area contributed by atoms with Crippen molar-refractivity contribution >= 4 is 17.3 Å². The molecule has 0 bridgehead atoms. The van der Waals surface area contributed by atoms with E-state index in [2.05, 4.69) is 22.5 Å². The van der Waals surface area contributed by atoms with E-state index in [0.717, 1.165) is 11.4 Å². The number of nitrogens with zero attached hydrogens (tertiary/aromatic N) is 1. The molecule has 1 aromatic rings. The molecule has 0 radical (unpaired) electrons. The summed E-state index contributed by atoms with van der Waals surface area (Å²) in [5.41, 5.74) is 1.99. The van der Waals surface area contributed by atoms with Crippen molar-refractivity contribution in [2.75, 3.05) is 30.3 Å². The van der Waals surface area contributed by atoms with Crippen LogP contribution in [0.2, 0.25) is 0 Å². The van der Waals surface area contributed by atoms with Crippen LogP contribution in [0.15, 0.2) is 24.3 Å². The zero-order valence-electron chi connectivity index (χ0n) is 13.2. The molecule has 1 atom stereocenters. The van der Waals surface area contributed by atoms with E-state index in [1.165, 1.54) is 52.2 Å². The Balaban J connectivity index is 1.85. The second-order valence-electron chi connectivity index (χ2n) is 5.87. The second-order valence-corrected chi connectivity index (χ2v) is 5.87. The fourth-order valence-electron chi connectivity index (χ4n) is 2.93. The fourth-order valence-corrected chi connectivity index (χ4v) is 2.93. The Morgan fingerprint density at radius 3 is 2.57 bits per heavy atom. The standard InChI is InChI=1S/C17H27N3O/c1-3-11-20-12-4-5-15(10-13-20)19-17-8-6-16(7-9-17)18-14(2)21/h6-9,15,19H,3-5,10-13H2,1-2H3,(H,18,21). The van der Waals surface area contributed by atoms with E-state index >= 15 is 0 Å². The molecule has 4 nitrogen and oxygen atoms in total. The molecular formula is C17H27N3O. The average Bonchev–Trinajstić information content (AvgIpc) is 2.67. The smallest absolute Gasteiger partial charge is 0.221 e. The maximum Gasteiger partial charge on any atom is 0.221 e. The fraction of sp³-hybridized carbons (Fsp3) is 0.588. The predicted octanol–water partition coefficient (Wildman–Crippen LogP) is 3.32. The number of anilines is 2. The van der Waals surface area contributed by atoms with Gasteiger partial charge in [0.25, 0.3) is 0 Å². The minimum Gasteiger partial charge on any atom is -0.382 e. The van der Waals surface area contributed by atoms with Crippen molar-refractivity contribution in [2.24, 2.45) is 0 Å². The van der Waals surface area contributed by atoms with Crippen LogP contribution in [0, 0.1) is 0 Å². The molecule has 1 aromatic carbocycles. The second kappa shape index (κ2) is 8.03. The van der Waals surface area contributed by atoms with Crippen LogP contribution in [0.3, 0.4) is 0 Å². The lowest BCUT2D eigenvalue weighted by Gasteiger charge is -2.20. The van der Waals surface area contributed by atoms with E-state index in [-0.39, 0.29) is 5.91 Å². The maximum absolute atomic E-state index is 11.0. The Bertz CT molecular complexity index is 444. The largest absolute Gasteiger partial charge is 0.382 e. The molecule has 0 aliphatic carbocycles. The third-order valence-corrected chi connectivity index (χ3v) is 3.94. The number of nitrogens with one attached hydrogen (secondary N) is 2. The number of hydrogen-bond donors (Lipinski definition) is 2. The first-order valence-electron chi connectivity index (χ1n) is 8.04. The summed E-state index contributed by atoms with van der Waals surface area (Å²) >= 11 is 0. The molecule has 1 unspecified atom stereocenters. The molecule has 4 heteroatoms. The summed E-state index contributed by atoms with van der Waals surface area (Å²) in [6, 6.07) is 8.53. The van der Waals surface area contributed by atoms with Gasteiger partial charge in [-0.1, -0.05) is 6.92 Å². The highest BCUT2D eigenvalue weighted by atomic mass is 16.1. The average molecular weight is 289 g/mol. The number of benzene rings is 1. The monoisotopic (exact) mass is 289 g/mol. The predicted molar refractivity (Wildman–Crippen MR) is 88.7 cm³/mol. The quantitative estimate of drug-likeness (QED) is 0.874. The zero-order chi connectivity index (χ0) is 15.1. The molecule has 116 valence electrons. The van der Waals surface area contributed by atoms with Gasteiger partial charge in [0, 0.05) is 30.9 Å². The van der Waals surface area contributed by atoms with Gasteiger partial charge >= 0.3 is 0 Å². The van der Waals surface area contributed by atoms with E-state index in [1.807, 2.05) is 24.3 Å². The van der Waals surface area contributed by atoms with Crippen LogP contribution in [0.4, 0.5) is 11.4 Å². The van der Waals surface area contributed by atoms with Gasteiger partial charge in [-0.05, 0) is 63.0 Å². The highest BCUT2D eigenvalue weighted by molar-refractivity contribution is 5.88. The van der Waals surface area contributed by atoms with Crippen molar-refractivity contribution in [3.8, 4) is 0 Å². The molecule has 21 heavy (non-hydrogen) atoms. The molecule has 1 aliphatic rings. The molecule has 1 aliphatic heterocycles. The van der Waals surface area contributed by atoms with Gasteiger partial charge < -0.3 is 15.5 Å². The SMILES string of the molecule is CCCN1CCCC(Nc2ccc(NC(C)=O)cc2)CC1. The van der Waals surface area contributed by atoms with Crippen molar-refractivity contribution in [3.05, 3.63) is 24.3 Å². The molecule has 1 heterocycles. The van der Waals surface area contributed by atoms with Gasteiger partial charge in [0.05, 0.1) is 0 Å². The van der Waals surface area contributed by atoms with Gasteiger partial charge in [-0.25, -0.2) is 0 Å². The number of rotatable bonds is 5. The van der Waals surface area contributed by atoms with Gasteiger partial charge in [0.2, 0.25) is 5.91 Å². The number of likely N-dealkylation sites (tertiary alicyclic amines) is 1. The van der Waals surface area contributed by atoms with E-state index in [9.17, 15) is 4.79 Å². The molecule has 2 rings (SSSR count). The number of hydrogen-bond acceptors (Lipinski definition) is 3. The van der Waals surface area contributed by atoms with Crippen LogP contribution in [0.5, 0.6) is 0 Å². The van der Waals surface area contributed by atoms with Crippen LogP contribution >= 0.6 is 0 Å². The van der Waals surface area contributed by atoms with Gasteiger partial charge in [-0.2, -0.15) is 0 Å². The van der Waals surface area contributed by atoms with Crippen LogP contribution in [0.25, 0.3) is 0 Å². The van der Waals surface area contributed by atoms with E-state index in [4.69, 9.17) is 0 Å². The van der Waals surface area contributed by atoms with Gasteiger partial charge in [0.1, 0.15) is 0 Å². The first-order chi connectivity index (χ1) is 10.2. The Morgan fingerprint density at radius 1 is 1.19 bits per heavy atom. The van der Waals surface area contributed by atoms with Gasteiger partial charge in [-0.15, -0.1) is 0 Å². The first-order valence-corrected chi connectivity index (χ1v) is 8.04. The summed E-state index contributed by atoms with van der Waals surface area (Å²) in [5, 5.41) is 6.42. The number of carbonyl (C=O) groups excluding carboxylic acids is 1. The zero-order valence-corrected chi connectivity index (χ0v) is 13.2. The van der Waals surface area contributed by atoms with E-state index < -0.39 is 0 Å². The highest BCUT2D eigenvalue weighted by Gasteiger charge is 2.16. The lowest BCUT2D eigenvalue weighted by Crippen LogP contribution is -2.27. The Hall–Kier alpha value is -1.55. The van der Waals surface area contributed by atoms with Crippen molar-refractivity contribution in [2.45, 2.75) is 45.6 Å². The minimum atomic E-state index is -0.0320. The third-order valence-electron chi connectivity index (χ3n) is 3.94. The topological polar surface area (TPSA) is 44.4 Å². The molecule has 0 aromatic heterocycles. The molecule has 1 amide bonds. The van der Waals surface area contributed by atoms with Gasteiger partial charge in [0.15, 0.2) is 0 Å². The molecular weight excluding hydrogens is 262 g/mol. The van der Waals surface area contributed by atoms with E-state index in [1.54, 1.807) is 0 Å².